The van der Waals surface area contributed by atoms with Crippen molar-refractivity contribution in [1.82, 2.24) is 4.90 Å². The van der Waals surface area contributed by atoms with Crippen molar-refractivity contribution in [1.29, 1.82) is 0 Å². The Hall–Kier alpha value is -1.22. The van der Waals surface area contributed by atoms with Crippen LogP contribution in [0.15, 0.2) is 18.2 Å². The van der Waals surface area contributed by atoms with Crippen molar-refractivity contribution in [3.05, 3.63) is 23.8 Å². The Balaban J connectivity index is 2.06. The van der Waals surface area contributed by atoms with E-state index in [-0.39, 0.29) is 0 Å². The zero-order valence-electron chi connectivity index (χ0n) is 12.5. The molecule has 0 bridgehead atoms. The van der Waals surface area contributed by atoms with Gasteiger partial charge in [-0.15, -0.1) is 0 Å². The first kappa shape index (κ1) is 14.2. The SMILES string of the molecule is COc1ccc(CN2C[C@H](C)C[C@H](C)C2)cc1OC. The zero-order valence-corrected chi connectivity index (χ0v) is 12.5. The predicted molar refractivity (Wildman–Crippen MR) is 77.8 cm³/mol. The molecular formula is C16H25NO2. The largest absolute Gasteiger partial charge is 0.493 e. The average Bonchev–Trinajstić information content (AvgIpc) is 2.37. The van der Waals surface area contributed by atoms with Crippen LogP contribution in [-0.2, 0) is 6.54 Å². The van der Waals surface area contributed by atoms with Crippen LogP contribution >= 0.6 is 0 Å². The van der Waals surface area contributed by atoms with E-state index in [2.05, 4.69) is 30.9 Å². The summed E-state index contributed by atoms with van der Waals surface area (Å²) in [4.78, 5) is 2.54. The molecule has 1 heterocycles. The van der Waals surface area contributed by atoms with Gasteiger partial charge < -0.3 is 9.47 Å². The van der Waals surface area contributed by atoms with Crippen LogP contribution < -0.4 is 9.47 Å². The van der Waals surface area contributed by atoms with Gasteiger partial charge in [0.15, 0.2) is 11.5 Å². The van der Waals surface area contributed by atoms with Gasteiger partial charge in [-0.1, -0.05) is 19.9 Å². The minimum Gasteiger partial charge on any atom is -0.493 e. The first-order chi connectivity index (χ1) is 9.12. The molecule has 0 unspecified atom stereocenters. The van der Waals surface area contributed by atoms with Gasteiger partial charge in [0.25, 0.3) is 0 Å². The van der Waals surface area contributed by atoms with Gasteiger partial charge in [0.2, 0.25) is 0 Å². The van der Waals surface area contributed by atoms with Crippen molar-refractivity contribution in [2.75, 3.05) is 27.3 Å². The molecule has 3 heteroatoms. The lowest BCUT2D eigenvalue weighted by molar-refractivity contribution is 0.134. The number of rotatable bonds is 4. The maximum atomic E-state index is 5.36. The number of nitrogens with zero attached hydrogens (tertiary/aromatic N) is 1. The Kier molecular flexibility index (Phi) is 4.70. The summed E-state index contributed by atoms with van der Waals surface area (Å²) >= 11 is 0. The lowest BCUT2D eigenvalue weighted by Crippen LogP contribution is -2.38. The van der Waals surface area contributed by atoms with Gasteiger partial charge in [-0.2, -0.15) is 0 Å². The van der Waals surface area contributed by atoms with Gasteiger partial charge in [0.1, 0.15) is 0 Å². The van der Waals surface area contributed by atoms with Crippen molar-refractivity contribution in [3.8, 4) is 11.5 Å². The summed E-state index contributed by atoms with van der Waals surface area (Å²) in [5.74, 6) is 3.21. The Labute approximate surface area is 116 Å². The van der Waals surface area contributed by atoms with Gasteiger partial charge in [0.05, 0.1) is 14.2 Å². The lowest BCUT2D eigenvalue weighted by atomic mass is 9.91. The summed E-state index contributed by atoms with van der Waals surface area (Å²) in [6.07, 6.45) is 1.35. The number of likely N-dealkylation sites (tertiary alicyclic amines) is 1. The van der Waals surface area contributed by atoms with Crippen LogP contribution in [0.4, 0.5) is 0 Å². The summed E-state index contributed by atoms with van der Waals surface area (Å²) < 4.78 is 10.6. The third kappa shape index (κ3) is 3.63. The van der Waals surface area contributed by atoms with Crippen LogP contribution in [0.25, 0.3) is 0 Å². The summed E-state index contributed by atoms with van der Waals surface area (Å²) in [5, 5.41) is 0. The van der Waals surface area contributed by atoms with E-state index in [0.29, 0.717) is 0 Å². The van der Waals surface area contributed by atoms with E-state index in [1.165, 1.54) is 25.1 Å². The van der Waals surface area contributed by atoms with E-state index in [1.807, 2.05) is 6.07 Å². The minimum absolute atomic E-state index is 0.795. The Bertz CT molecular complexity index is 409. The molecule has 0 aromatic heterocycles. The fourth-order valence-corrected chi connectivity index (χ4v) is 3.16. The van der Waals surface area contributed by atoms with Gasteiger partial charge in [-0.05, 0) is 36.0 Å². The first-order valence-electron chi connectivity index (χ1n) is 7.05. The maximum Gasteiger partial charge on any atom is 0.161 e. The number of hydrogen-bond donors (Lipinski definition) is 0. The molecule has 1 saturated heterocycles. The normalized spacial score (nSPS) is 24.2. The fourth-order valence-electron chi connectivity index (χ4n) is 3.16. The third-order valence-electron chi connectivity index (χ3n) is 3.80. The summed E-state index contributed by atoms with van der Waals surface area (Å²) in [6, 6.07) is 6.21. The van der Waals surface area contributed by atoms with Gasteiger partial charge >= 0.3 is 0 Å². The summed E-state index contributed by atoms with van der Waals surface area (Å²) in [7, 11) is 3.36. The molecule has 0 amide bonds. The van der Waals surface area contributed by atoms with E-state index in [1.54, 1.807) is 14.2 Å². The molecular weight excluding hydrogens is 238 g/mol. The first-order valence-corrected chi connectivity index (χ1v) is 7.05. The molecule has 1 fully saturated rings. The molecule has 1 aliphatic rings. The zero-order chi connectivity index (χ0) is 13.8. The molecule has 0 aliphatic carbocycles. The Morgan fingerprint density at radius 3 is 2.26 bits per heavy atom. The molecule has 106 valence electrons. The average molecular weight is 263 g/mol. The van der Waals surface area contributed by atoms with Crippen LogP contribution in [0.5, 0.6) is 11.5 Å². The van der Waals surface area contributed by atoms with Crippen LogP contribution in [0.3, 0.4) is 0 Å². The summed E-state index contributed by atoms with van der Waals surface area (Å²) in [6.45, 7) is 8.07. The lowest BCUT2D eigenvalue weighted by Gasteiger charge is -2.35. The molecule has 1 aromatic carbocycles. The third-order valence-corrected chi connectivity index (χ3v) is 3.80. The second kappa shape index (κ2) is 6.29. The highest BCUT2D eigenvalue weighted by atomic mass is 16.5. The van der Waals surface area contributed by atoms with E-state index >= 15 is 0 Å². The smallest absolute Gasteiger partial charge is 0.161 e. The van der Waals surface area contributed by atoms with Crippen molar-refractivity contribution < 1.29 is 9.47 Å². The molecule has 0 radical (unpaired) electrons. The highest BCUT2D eigenvalue weighted by Gasteiger charge is 2.21. The number of benzene rings is 1. The second-order valence-electron chi connectivity index (χ2n) is 5.83. The molecule has 19 heavy (non-hydrogen) atoms. The van der Waals surface area contributed by atoms with Crippen LogP contribution in [0.2, 0.25) is 0 Å². The van der Waals surface area contributed by atoms with Crippen LogP contribution in [0, 0.1) is 11.8 Å². The van der Waals surface area contributed by atoms with Gasteiger partial charge in [-0.25, -0.2) is 0 Å². The van der Waals surface area contributed by atoms with Gasteiger partial charge in [0, 0.05) is 19.6 Å². The highest BCUT2D eigenvalue weighted by molar-refractivity contribution is 5.42. The molecule has 3 nitrogen and oxygen atoms in total. The number of ether oxygens (including phenoxy) is 2. The van der Waals surface area contributed by atoms with Gasteiger partial charge in [-0.3, -0.25) is 4.90 Å². The second-order valence-corrected chi connectivity index (χ2v) is 5.83. The molecule has 1 aliphatic heterocycles. The summed E-state index contributed by atoms with van der Waals surface area (Å²) in [5.41, 5.74) is 1.29. The molecule has 0 spiro atoms. The predicted octanol–water partition coefficient (Wildman–Crippen LogP) is 3.18. The van der Waals surface area contributed by atoms with E-state index in [9.17, 15) is 0 Å². The fraction of sp³-hybridized carbons (Fsp3) is 0.625. The van der Waals surface area contributed by atoms with Crippen molar-refractivity contribution in [2.24, 2.45) is 11.8 Å². The highest BCUT2D eigenvalue weighted by Crippen LogP contribution is 2.29. The standard InChI is InChI=1S/C16H25NO2/c1-12-7-13(2)10-17(9-12)11-14-5-6-15(18-3)16(8-14)19-4/h5-6,8,12-13H,7,9-11H2,1-4H3/t12-,13+. The number of hydrogen-bond acceptors (Lipinski definition) is 3. The van der Waals surface area contributed by atoms with Crippen LogP contribution in [-0.4, -0.2) is 32.2 Å². The number of piperidine rings is 1. The van der Waals surface area contributed by atoms with Crippen molar-refractivity contribution >= 4 is 0 Å². The van der Waals surface area contributed by atoms with E-state index in [0.717, 1.165) is 29.9 Å². The van der Waals surface area contributed by atoms with Crippen LogP contribution in [0.1, 0.15) is 25.8 Å². The van der Waals surface area contributed by atoms with E-state index in [4.69, 9.17) is 9.47 Å². The number of methoxy groups -OCH3 is 2. The molecule has 1 aromatic rings. The Morgan fingerprint density at radius 2 is 1.68 bits per heavy atom. The van der Waals surface area contributed by atoms with Crippen molar-refractivity contribution in [2.45, 2.75) is 26.8 Å². The van der Waals surface area contributed by atoms with E-state index < -0.39 is 0 Å². The minimum atomic E-state index is 0.795. The quantitative estimate of drug-likeness (QED) is 0.833. The molecule has 0 saturated carbocycles. The molecule has 2 atom stereocenters. The monoisotopic (exact) mass is 263 g/mol. The topological polar surface area (TPSA) is 21.7 Å². The molecule has 0 N–H and O–H groups in total. The molecule has 2 rings (SSSR count). The Morgan fingerprint density at radius 1 is 1.05 bits per heavy atom. The maximum absolute atomic E-state index is 5.36. The van der Waals surface area contributed by atoms with Crippen molar-refractivity contribution in [3.63, 3.8) is 0 Å².